The zero-order valence-corrected chi connectivity index (χ0v) is 10.1. The van der Waals surface area contributed by atoms with Crippen molar-refractivity contribution < 1.29 is 4.74 Å². The Labute approximate surface area is 99.2 Å². The molecular weight excluding hydrogens is 218 g/mol. The predicted octanol–water partition coefficient (Wildman–Crippen LogP) is 3.63. The van der Waals surface area contributed by atoms with E-state index in [1.165, 1.54) is 4.88 Å². The van der Waals surface area contributed by atoms with Crippen LogP contribution in [-0.2, 0) is 0 Å². The molecule has 1 aromatic carbocycles. The highest BCUT2D eigenvalue weighted by Crippen LogP contribution is 2.17. The van der Waals surface area contributed by atoms with Crippen molar-refractivity contribution in [2.45, 2.75) is 6.92 Å². The molecule has 16 heavy (non-hydrogen) atoms. The topological polar surface area (TPSA) is 22.1 Å². The summed E-state index contributed by atoms with van der Waals surface area (Å²) in [5.41, 5.74) is 4.10. The first-order chi connectivity index (χ1) is 7.79. The molecule has 0 N–H and O–H groups in total. The maximum Gasteiger partial charge on any atom is 0.118 e. The highest BCUT2D eigenvalue weighted by atomic mass is 32.1. The minimum Gasteiger partial charge on any atom is -0.497 e. The third-order valence-electron chi connectivity index (χ3n) is 2.33. The smallest absolute Gasteiger partial charge is 0.118 e. The normalized spacial score (nSPS) is 10.9. The van der Waals surface area contributed by atoms with Crippen molar-refractivity contribution in [1.29, 1.82) is 0 Å². The van der Waals surface area contributed by atoms with E-state index in [1.807, 2.05) is 36.7 Å². The van der Waals surface area contributed by atoms with E-state index in [0.29, 0.717) is 0 Å². The van der Waals surface area contributed by atoms with Gasteiger partial charge in [0.1, 0.15) is 5.75 Å². The summed E-state index contributed by atoms with van der Waals surface area (Å²) in [5.74, 6) is 0.881. The van der Waals surface area contributed by atoms with Gasteiger partial charge in [-0.1, -0.05) is 18.2 Å². The summed E-state index contributed by atoms with van der Waals surface area (Å²) in [6.45, 7) is 2.02. The maximum atomic E-state index is 5.11. The molecule has 1 aromatic heterocycles. The molecule has 0 saturated heterocycles. The quantitative estimate of drug-likeness (QED) is 0.804. The molecule has 0 atom stereocenters. The van der Waals surface area contributed by atoms with Crippen LogP contribution in [0.25, 0.3) is 12.2 Å². The highest BCUT2D eigenvalue weighted by Gasteiger charge is 1.96. The van der Waals surface area contributed by atoms with Gasteiger partial charge in [-0.25, -0.2) is 4.98 Å². The molecule has 82 valence electrons. The van der Waals surface area contributed by atoms with Crippen LogP contribution in [-0.4, -0.2) is 12.1 Å². The van der Waals surface area contributed by atoms with E-state index in [2.05, 4.69) is 17.1 Å². The first kappa shape index (κ1) is 10.9. The fourth-order valence-electron chi connectivity index (χ4n) is 1.36. The summed E-state index contributed by atoms with van der Waals surface area (Å²) in [5, 5.41) is 0. The molecule has 0 aliphatic rings. The zero-order chi connectivity index (χ0) is 11.4. The third kappa shape index (κ3) is 2.49. The van der Waals surface area contributed by atoms with Crippen LogP contribution >= 0.6 is 11.3 Å². The van der Waals surface area contributed by atoms with E-state index in [1.54, 1.807) is 18.4 Å². The fraction of sp³-hybridized carbons (Fsp3) is 0.154. The molecule has 0 aliphatic carbocycles. The number of hydrogen-bond acceptors (Lipinski definition) is 3. The molecule has 2 aromatic rings. The van der Waals surface area contributed by atoms with Gasteiger partial charge in [-0.15, -0.1) is 11.3 Å². The van der Waals surface area contributed by atoms with Gasteiger partial charge in [0.25, 0.3) is 0 Å². The summed E-state index contributed by atoms with van der Waals surface area (Å²) < 4.78 is 5.11. The van der Waals surface area contributed by atoms with Crippen LogP contribution in [0.3, 0.4) is 0 Å². The van der Waals surface area contributed by atoms with E-state index >= 15 is 0 Å². The van der Waals surface area contributed by atoms with E-state index in [-0.39, 0.29) is 0 Å². The van der Waals surface area contributed by atoms with Crippen LogP contribution in [0, 0.1) is 6.92 Å². The number of thiazole rings is 1. The van der Waals surface area contributed by atoms with E-state index in [0.717, 1.165) is 17.0 Å². The molecule has 0 radical (unpaired) electrons. The molecule has 0 spiro atoms. The molecule has 0 aliphatic heterocycles. The van der Waals surface area contributed by atoms with Gasteiger partial charge in [0.2, 0.25) is 0 Å². The number of nitrogens with zero attached hydrogens (tertiary/aromatic N) is 1. The van der Waals surface area contributed by atoms with Crippen LogP contribution < -0.4 is 4.74 Å². The van der Waals surface area contributed by atoms with E-state index in [9.17, 15) is 0 Å². The average Bonchev–Trinajstić information content (AvgIpc) is 2.73. The Morgan fingerprint density at radius 2 is 1.94 bits per heavy atom. The SMILES string of the molecule is COc1ccc(/C=C/c2scnc2C)cc1. The Kier molecular flexibility index (Phi) is 3.37. The van der Waals surface area contributed by atoms with E-state index < -0.39 is 0 Å². The van der Waals surface area contributed by atoms with Gasteiger partial charge in [-0.3, -0.25) is 0 Å². The lowest BCUT2D eigenvalue weighted by Gasteiger charge is -1.98. The van der Waals surface area contributed by atoms with Crippen LogP contribution in [0.5, 0.6) is 5.75 Å². The fourth-order valence-corrected chi connectivity index (χ4v) is 2.05. The Morgan fingerprint density at radius 1 is 1.19 bits per heavy atom. The molecule has 0 bridgehead atoms. The van der Waals surface area contributed by atoms with Gasteiger partial charge >= 0.3 is 0 Å². The second kappa shape index (κ2) is 4.94. The molecule has 3 heteroatoms. The lowest BCUT2D eigenvalue weighted by atomic mass is 10.2. The van der Waals surface area contributed by atoms with E-state index in [4.69, 9.17) is 4.74 Å². The maximum absolute atomic E-state index is 5.11. The Hall–Kier alpha value is -1.61. The average molecular weight is 231 g/mol. The second-order valence-corrected chi connectivity index (χ2v) is 4.29. The predicted molar refractivity (Wildman–Crippen MR) is 68.8 cm³/mol. The van der Waals surface area contributed by atoms with Crippen molar-refractivity contribution in [2.24, 2.45) is 0 Å². The Balaban J connectivity index is 2.14. The zero-order valence-electron chi connectivity index (χ0n) is 9.31. The molecule has 2 nitrogen and oxygen atoms in total. The van der Waals surface area contributed by atoms with Crippen LogP contribution in [0.15, 0.2) is 29.8 Å². The first-order valence-corrected chi connectivity index (χ1v) is 5.90. The number of hydrogen-bond donors (Lipinski definition) is 0. The van der Waals surface area contributed by atoms with Crippen molar-refractivity contribution in [3.8, 4) is 5.75 Å². The van der Waals surface area contributed by atoms with Crippen molar-refractivity contribution >= 4 is 23.5 Å². The van der Waals surface area contributed by atoms with Crippen LogP contribution in [0.1, 0.15) is 16.1 Å². The van der Waals surface area contributed by atoms with Crippen molar-refractivity contribution in [3.05, 3.63) is 45.9 Å². The van der Waals surface area contributed by atoms with Crippen molar-refractivity contribution in [1.82, 2.24) is 4.98 Å². The van der Waals surface area contributed by atoms with Gasteiger partial charge < -0.3 is 4.74 Å². The largest absolute Gasteiger partial charge is 0.497 e. The van der Waals surface area contributed by atoms with Gasteiger partial charge in [0, 0.05) is 4.88 Å². The number of aromatic nitrogens is 1. The summed E-state index contributed by atoms with van der Waals surface area (Å²) in [6.07, 6.45) is 4.18. The van der Waals surface area contributed by atoms with Gasteiger partial charge in [0.15, 0.2) is 0 Å². The first-order valence-electron chi connectivity index (χ1n) is 5.02. The van der Waals surface area contributed by atoms with Gasteiger partial charge in [-0.05, 0) is 30.7 Å². The molecule has 1 heterocycles. The summed E-state index contributed by atoms with van der Waals surface area (Å²) in [7, 11) is 1.67. The molecule has 0 unspecified atom stereocenters. The minimum absolute atomic E-state index is 0.881. The highest BCUT2D eigenvalue weighted by molar-refractivity contribution is 7.10. The molecule has 0 amide bonds. The third-order valence-corrected chi connectivity index (χ3v) is 3.22. The Bertz CT molecular complexity index is 485. The van der Waals surface area contributed by atoms with Gasteiger partial charge in [0.05, 0.1) is 18.3 Å². The standard InChI is InChI=1S/C13H13NOS/c1-10-13(16-9-14-10)8-5-11-3-6-12(15-2)7-4-11/h3-9H,1-2H3/b8-5+. The molecule has 0 saturated carbocycles. The lowest BCUT2D eigenvalue weighted by Crippen LogP contribution is -1.81. The Morgan fingerprint density at radius 3 is 2.50 bits per heavy atom. The summed E-state index contributed by atoms with van der Waals surface area (Å²) in [4.78, 5) is 5.41. The van der Waals surface area contributed by atoms with Crippen LogP contribution in [0.2, 0.25) is 0 Å². The van der Waals surface area contributed by atoms with Crippen molar-refractivity contribution in [2.75, 3.05) is 7.11 Å². The number of rotatable bonds is 3. The van der Waals surface area contributed by atoms with Crippen molar-refractivity contribution in [3.63, 3.8) is 0 Å². The lowest BCUT2D eigenvalue weighted by molar-refractivity contribution is 0.415. The molecular formula is C13H13NOS. The summed E-state index contributed by atoms with van der Waals surface area (Å²) >= 11 is 1.65. The molecule has 2 rings (SSSR count). The number of aryl methyl sites for hydroxylation is 1. The van der Waals surface area contributed by atoms with Gasteiger partial charge in [-0.2, -0.15) is 0 Å². The minimum atomic E-state index is 0.881. The number of benzene rings is 1. The summed E-state index contributed by atoms with van der Waals surface area (Å²) in [6, 6.07) is 7.98. The number of ether oxygens (including phenoxy) is 1. The van der Waals surface area contributed by atoms with Crippen LogP contribution in [0.4, 0.5) is 0 Å². The second-order valence-electron chi connectivity index (χ2n) is 3.41. The molecule has 0 fully saturated rings. The monoisotopic (exact) mass is 231 g/mol. The number of methoxy groups -OCH3 is 1.